The Labute approximate surface area is 116 Å². The lowest BCUT2D eigenvalue weighted by Gasteiger charge is -2.10. The minimum atomic E-state index is -4.22. The second-order valence-electron chi connectivity index (χ2n) is 2.97. The molecule has 0 saturated heterocycles. The van der Waals surface area contributed by atoms with Gasteiger partial charge in [-0.15, -0.1) is 0 Å². The first-order valence-electron chi connectivity index (χ1n) is 4.38. The lowest BCUT2D eigenvalue weighted by molar-refractivity contribution is -0.0327. The van der Waals surface area contributed by atoms with Gasteiger partial charge in [0.05, 0.1) is 20.8 Å². The average Bonchev–Trinajstić information content (AvgIpc) is 2.18. The van der Waals surface area contributed by atoms with Crippen LogP contribution in [-0.2, 0) is 0 Å². The van der Waals surface area contributed by atoms with E-state index in [1.807, 2.05) is 0 Å². The highest BCUT2D eigenvalue weighted by molar-refractivity contribution is 8.00. The van der Waals surface area contributed by atoms with Crippen molar-refractivity contribution in [3.05, 3.63) is 27.2 Å². The van der Waals surface area contributed by atoms with E-state index in [0.717, 1.165) is 0 Å². The van der Waals surface area contributed by atoms with Crippen molar-refractivity contribution >= 4 is 52.3 Å². The molecule has 0 atom stereocenters. The zero-order valence-electron chi connectivity index (χ0n) is 8.24. The van der Waals surface area contributed by atoms with Crippen molar-refractivity contribution in [1.82, 2.24) is 0 Å². The van der Waals surface area contributed by atoms with Gasteiger partial charge in [-0.1, -0.05) is 34.8 Å². The van der Waals surface area contributed by atoms with E-state index in [-0.39, 0.29) is 24.1 Å². The van der Waals surface area contributed by atoms with Crippen molar-refractivity contribution < 1.29 is 13.2 Å². The molecule has 0 amide bonds. The zero-order valence-corrected chi connectivity index (χ0v) is 11.3. The highest BCUT2D eigenvalue weighted by Crippen LogP contribution is 2.33. The Hall–Kier alpha value is 0.0300. The molecule has 1 nitrogen and oxygen atoms in total. The Kier molecular flexibility index (Phi) is 5.57. The van der Waals surface area contributed by atoms with Crippen molar-refractivity contribution in [2.75, 3.05) is 17.6 Å². The number of rotatable bonds is 4. The van der Waals surface area contributed by atoms with E-state index >= 15 is 0 Å². The fourth-order valence-electron chi connectivity index (χ4n) is 1.01. The molecule has 1 N–H and O–H groups in total. The van der Waals surface area contributed by atoms with Crippen LogP contribution in [0.25, 0.3) is 0 Å². The van der Waals surface area contributed by atoms with Crippen LogP contribution in [0.3, 0.4) is 0 Å². The van der Waals surface area contributed by atoms with Crippen LogP contribution >= 0.6 is 46.6 Å². The van der Waals surface area contributed by atoms with E-state index in [2.05, 4.69) is 5.32 Å². The summed E-state index contributed by atoms with van der Waals surface area (Å²) in [5.74, 6) is -0.111. The Balaban J connectivity index is 2.50. The lowest BCUT2D eigenvalue weighted by Crippen LogP contribution is -2.09. The second kappa shape index (κ2) is 6.27. The van der Waals surface area contributed by atoms with Crippen LogP contribution in [0.15, 0.2) is 12.1 Å². The Morgan fingerprint density at radius 1 is 1.06 bits per heavy atom. The summed E-state index contributed by atoms with van der Waals surface area (Å²) in [4.78, 5) is 0. The molecule has 0 fully saturated rings. The summed E-state index contributed by atoms with van der Waals surface area (Å²) in [6, 6.07) is 2.91. The third-order valence-electron chi connectivity index (χ3n) is 1.69. The molecule has 0 aliphatic heterocycles. The second-order valence-corrected chi connectivity index (χ2v) is 5.35. The number of benzene rings is 1. The summed E-state index contributed by atoms with van der Waals surface area (Å²) in [5, 5.41) is 3.67. The molecule has 1 aromatic rings. The maximum Gasteiger partial charge on any atom is 0.441 e. The van der Waals surface area contributed by atoms with Gasteiger partial charge in [-0.3, -0.25) is 0 Å². The number of hydrogen-bond acceptors (Lipinski definition) is 2. The van der Waals surface area contributed by atoms with Crippen LogP contribution in [0, 0.1) is 0 Å². The molecule has 0 unspecified atom stereocenters. The molecule has 0 aliphatic carbocycles. The van der Waals surface area contributed by atoms with Gasteiger partial charge < -0.3 is 5.32 Å². The number of thioether (sulfide) groups is 1. The van der Waals surface area contributed by atoms with Crippen molar-refractivity contribution in [3.63, 3.8) is 0 Å². The Bertz CT molecular complexity index is 398. The lowest BCUT2D eigenvalue weighted by atomic mass is 10.3. The van der Waals surface area contributed by atoms with E-state index in [4.69, 9.17) is 34.8 Å². The number of alkyl halides is 3. The van der Waals surface area contributed by atoms with Crippen LogP contribution in [0.5, 0.6) is 0 Å². The first-order valence-corrected chi connectivity index (χ1v) is 6.50. The SMILES string of the molecule is FC(F)(F)SCCNc1cc(Cl)c(Cl)cc1Cl. The Morgan fingerprint density at radius 3 is 2.24 bits per heavy atom. The molecule has 0 bridgehead atoms. The van der Waals surface area contributed by atoms with E-state index in [9.17, 15) is 13.2 Å². The molecular weight excluding hydrogens is 318 g/mol. The molecule has 0 spiro atoms. The maximum absolute atomic E-state index is 11.8. The normalized spacial score (nSPS) is 11.6. The predicted octanol–water partition coefficient (Wildman–Crippen LogP) is 5.31. The fourth-order valence-corrected chi connectivity index (χ4v) is 2.06. The third kappa shape index (κ3) is 5.46. The molecular formula is C9H7Cl3F3NS. The zero-order chi connectivity index (χ0) is 13.1. The topological polar surface area (TPSA) is 12.0 Å². The van der Waals surface area contributed by atoms with Gasteiger partial charge in [0, 0.05) is 12.3 Å². The molecule has 17 heavy (non-hydrogen) atoms. The van der Waals surface area contributed by atoms with Gasteiger partial charge >= 0.3 is 5.51 Å². The van der Waals surface area contributed by atoms with Crippen LogP contribution in [0.1, 0.15) is 0 Å². The van der Waals surface area contributed by atoms with E-state index in [1.165, 1.54) is 12.1 Å². The minimum absolute atomic E-state index is 0.0986. The summed E-state index contributed by atoms with van der Waals surface area (Å²) in [6.07, 6.45) is 0. The van der Waals surface area contributed by atoms with Gasteiger partial charge in [0.15, 0.2) is 0 Å². The van der Waals surface area contributed by atoms with Gasteiger partial charge in [0.25, 0.3) is 0 Å². The van der Waals surface area contributed by atoms with Crippen LogP contribution in [0.4, 0.5) is 18.9 Å². The quantitative estimate of drug-likeness (QED) is 0.595. The van der Waals surface area contributed by atoms with Gasteiger partial charge in [-0.2, -0.15) is 13.2 Å². The summed E-state index contributed by atoms with van der Waals surface area (Å²) in [7, 11) is 0. The summed E-state index contributed by atoms with van der Waals surface area (Å²) in [5.41, 5.74) is -3.76. The maximum atomic E-state index is 11.8. The first kappa shape index (κ1) is 15.1. The minimum Gasteiger partial charge on any atom is -0.383 e. The van der Waals surface area contributed by atoms with Crippen molar-refractivity contribution in [2.45, 2.75) is 5.51 Å². The fraction of sp³-hybridized carbons (Fsp3) is 0.333. The number of nitrogens with one attached hydrogen (secondary N) is 1. The van der Waals surface area contributed by atoms with Crippen molar-refractivity contribution in [2.24, 2.45) is 0 Å². The summed E-state index contributed by atoms with van der Waals surface area (Å²) in [6.45, 7) is 0.127. The van der Waals surface area contributed by atoms with Gasteiger partial charge in [0.1, 0.15) is 0 Å². The van der Waals surface area contributed by atoms with Crippen LogP contribution in [-0.4, -0.2) is 17.8 Å². The van der Waals surface area contributed by atoms with Gasteiger partial charge in [-0.25, -0.2) is 0 Å². The van der Waals surface area contributed by atoms with Crippen molar-refractivity contribution in [1.29, 1.82) is 0 Å². The molecule has 1 rings (SSSR count). The number of halogens is 6. The smallest absolute Gasteiger partial charge is 0.383 e. The highest BCUT2D eigenvalue weighted by atomic mass is 35.5. The van der Waals surface area contributed by atoms with Crippen LogP contribution < -0.4 is 5.32 Å². The van der Waals surface area contributed by atoms with Crippen LogP contribution in [0.2, 0.25) is 15.1 Å². The number of anilines is 1. The van der Waals surface area contributed by atoms with Gasteiger partial charge in [0.2, 0.25) is 0 Å². The largest absolute Gasteiger partial charge is 0.441 e. The predicted molar refractivity (Wildman–Crippen MR) is 68.5 cm³/mol. The summed E-state index contributed by atoms with van der Waals surface area (Å²) < 4.78 is 35.5. The average molecular weight is 325 g/mol. The number of hydrogen-bond donors (Lipinski definition) is 1. The highest BCUT2D eigenvalue weighted by Gasteiger charge is 2.27. The molecule has 96 valence electrons. The van der Waals surface area contributed by atoms with Crippen molar-refractivity contribution in [3.8, 4) is 0 Å². The molecule has 0 heterocycles. The first-order chi connectivity index (χ1) is 7.79. The molecule has 0 radical (unpaired) electrons. The Morgan fingerprint density at radius 2 is 1.65 bits per heavy atom. The molecule has 1 aromatic carbocycles. The summed E-state index contributed by atoms with van der Waals surface area (Å²) >= 11 is 17.2. The van der Waals surface area contributed by atoms with E-state index in [1.54, 1.807) is 0 Å². The third-order valence-corrected chi connectivity index (χ3v) is 3.46. The van der Waals surface area contributed by atoms with E-state index < -0.39 is 5.51 Å². The monoisotopic (exact) mass is 323 g/mol. The molecule has 0 saturated carbocycles. The van der Waals surface area contributed by atoms with Gasteiger partial charge in [-0.05, 0) is 23.9 Å². The molecule has 0 aromatic heterocycles. The van der Waals surface area contributed by atoms with E-state index in [0.29, 0.717) is 20.8 Å². The molecule has 8 heteroatoms. The standard InChI is InChI=1S/C9H7Cl3F3NS/c10-5-3-7(12)8(4-6(5)11)16-1-2-17-9(13,14)15/h3-4,16H,1-2H2. The molecule has 0 aliphatic rings.